The van der Waals surface area contributed by atoms with Crippen LogP contribution in [0, 0.1) is 0 Å². The first-order chi connectivity index (χ1) is 12.7. The Morgan fingerprint density at radius 2 is 1.77 bits per heavy atom. The van der Waals surface area contributed by atoms with Gasteiger partial charge in [-0.3, -0.25) is 19.3 Å². The lowest BCUT2D eigenvalue weighted by molar-refractivity contribution is 0.606. The molecule has 0 aliphatic carbocycles. The van der Waals surface area contributed by atoms with Gasteiger partial charge in [-0.05, 0) is 25.0 Å². The quantitative estimate of drug-likeness (QED) is 0.630. The zero-order chi connectivity index (χ0) is 18.5. The number of nitrogens with zero attached hydrogens (tertiary/aromatic N) is 4. The number of aryl methyl sites for hydroxylation is 2. The fraction of sp³-hybridized carbons (Fsp3) is 0.474. The van der Waals surface area contributed by atoms with Crippen molar-refractivity contribution in [1.82, 2.24) is 24.1 Å². The largest absolute Gasteiger partial charge is 0.330 e. The summed E-state index contributed by atoms with van der Waals surface area (Å²) in [6.07, 6.45) is 6.60. The number of rotatable bonds is 8. The molecule has 0 unspecified atom stereocenters. The van der Waals surface area contributed by atoms with Crippen LogP contribution in [0.25, 0.3) is 22.7 Å². The molecule has 7 nitrogen and oxygen atoms in total. The van der Waals surface area contributed by atoms with E-state index in [1.165, 1.54) is 0 Å². The van der Waals surface area contributed by atoms with Crippen molar-refractivity contribution in [3.05, 3.63) is 45.2 Å². The molecule has 0 saturated heterocycles. The van der Waals surface area contributed by atoms with E-state index < -0.39 is 5.69 Å². The molecule has 0 spiro atoms. The maximum absolute atomic E-state index is 12.6. The summed E-state index contributed by atoms with van der Waals surface area (Å²) in [5, 5.41) is 0. The first-order valence-electron chi connectivity index (χ1n) is 9.32. The van der Waals surface area contributed by atoms with Gasteiger partial charge >= 0.3 is 5.69 Å². The standard InChI is InChI=1S/C19H25N5O2/c1-3-5-9-13-23-15-17(21-16(23)14-10-7-8-11-20-14)24(12-6-4-2)19(26)22-18(15)25/h7-8,10-11H,3-6,9,12-13H2,1-2H3,(H,22,25,26). The van der Waals surface area contributed by atoms with Gasteiger partial charge in [-0.25, -0.2) is 9.78 Å². The zero-order valence-corrected chi connectivity index (χ0v) is 15.4. The van der Waals surface area contributed by atoms with Crippen LogP contribution in [-0.4, -0.2) is 24.1 Å². The molecule has 0 aromatic carbocycles. The first kappa shape index (κ1) is 18.1. The molecule has 0 fully saturated rings. The van der Waals surface area contributed by atoms with Crippen LogP contribution < -0.4 is 11.2 Å². The van der Waals surface area contributed by atoms with Crippen LogP contribution in [0.1, 0.15) is 46.0 Å². The molecule has 0 saturated carbocycles. The van der Waals surface area contributed by atoms with Gasteiger partial charge in [0.2, 0.25) is 0 Å². The fourth-order valence-corrected chi connectivity index (χ4v) is 3.12. The number of hydrogen-bond donors (Lipinski definition) is 1. The fourth-order valence-electron chi connectivity index (χ4n) is 3.12. The molecule has 3 aromatic rings. The SMILES string of the molecule is CCCCCn1c(-c2ccccn2)nc2c1c(=O)[nH]c(=O)n2CCCC. The van der Waals surface area contributed by atoms with Crippen molar-refractivity contribution in [2.45, 2.75) is 59.0 Å². The minimum absolute atomic E-state index is 0.385. The minimum Gasteiger partial charge on any atom is -0.317 e. The number of hydrogen-bond acceptors (Lipinski definition) is 4. The van der Waals surface area contributed by atoms with E-state index in [1.807, 2.05) is 22.8 Å². The minimum atomic E-state index is -0.401. The smallest absolute Gasteiger partial charge is 0.317 e. The van der Waals surface area contributed by atoms with E-state index in [2.05, 4.69) is 28.8 Å². The molecule has 3 rings (SSSR count). The third kappa shape index (κ3) is 3.47. The number of fused-ring (bicyclic) bond motifs is 1. The Bertz CT molecular complexity index is 985. The lowest BCUT2D eigenvalue weighted by atomic mass is 10.2. The Hall–Kier alpha value is -2.70. The van der Waals surface area contributed by atoms with Crippen LogP contribution in [0.5, 0.6) is 0 Å². The van der Waals surface area contributed by atoms with E-state index in [0.717, 1.165) is 32.1 Å². The van der Waals surface area contributed by atoms with E-state index in [1.54, 1.807) is 10.8 Å². The highest BCUT2D eigenvalue weighted by Gasteiger charge is 2.19. The number of nitrogens with one attached hydrogen (secondary N) is 1. The highest BCUT2D eigenvalue weighted by atomic mass is 16.2. The van der Waals surface area contributed by atoms with E-state index in [-0.39, 0.29) is 5.56 Å². The molecule has 3 aromatic heterocycles. The molecule has 0 aliphatic heterocycles. The van der Waals surface area contributed by atoms with Gasteiger partial charge in [0, 0.05) is 19.3 Å². The van der Waals surface area contributed by atoms with Gasteiger partial charge in [0.25, 0.3) is 5.56 Å². The second kappa shape index (κ2) is 8.12. The molecular formula is C19H25N5O2. The predicted molar refractivity (Wildman–Crippen MR) is 102 cm³/mol. The van der Waals surface area contributed by atoms with Crippen LogP contribution >= 0.6 is 0 Å². The van der Waals surface area contributed by atoms with Crippen molar-refractivity contribution >= 4 is 11.2 Å². The molecule has 0 bridgehead atoms. The topological polar surface area (TPSA) is 85.6 Å². The van der Waals surface area contributed by atoms with Crippen molar-refractivity contribution < 1.29 is 0 Å². The second-order valence-corrected chi connectivity index (χ2v) is 6.45. The monoisotopic (exact) mass is 355 g/mol. The molecule has 0 atom stereocenters. The van der Waals surface area contributed by atoms with Crippen LogP contribution in [0.3, 0.4) is 0 Å². The number of imidazole rings is 1. The summed E-state index contributed by atoms with van der Waals surface area (Å²) < 4.78 is 3.48. The van der Waals surface area contributed by atoms with E-state index in [0.29, 0.717) is 35.8 Å². The lowest BCUT2D eigenvalue weighted by Crippen LogP contribution is -2.31. The summed E-state index contributed by atoms with van der Waals surface area (Å²) in [7, 11) is 0. The number of H-pyrrole nitrogens is 1. The van der Waals surface area contributed by atoms with Gasteiger partial charge in [0.15, 0.2) is 17.0 Å². The Morgan fingerprint density at radius 1 is 1.00 bits per heavy atom. The Labute approximate surface area is 151 Å². The first-order valence-corrected chi connectivity index (χ1v) is 9.32. The Kier molecular flexibility index (Phi) is 5.65. The summed E-state index contributed by atoms with van der Waals surface area (Å²) in [5.74, 6) is 0.637. The Balaban J connectivity index is 2.24. The lowest BCUT2D eigenvalue weighted by Gasteiger charge is -2.08. The summed E-state index contributed by atoms with van der Waals surface area (Å²) in [5.41, 5.74) is 0.821. The summed E-state index contributed by atoms with van der Waals surface area (Å²) in [4.78, 5) is 36.4. The van der Waals surface area contributed by atoms with Crippen molar-refractivity contribution in [3.63, 3.8) is 0 Å². The van der Waals surface area contributed by atoms with Gasteiger partial charge in [-0.1, -0.05) is 39.2 Å². The molecular weight excluding hydrogens is 330 g/mol. The summed E-state index contributed by atoms with van der Waals surface area (Å²) in [6.45, 7) is 5.42. The average Bonchev–Trinajstić information content (AvgIpc) is 3.02. The average molecular weight is 355 g/mol. The summed E-state index contributed by atoms with van der Waals surface area (Å²) in [6, 6.07) is 5.62. The molecule has 7 heteroatoms. The molecule has 0 radical (unpaired) electrons. The van der Waals surface area contributed by atoms with E-state index in [4.69, 9.17) is 0 Å². The van der Waals surface area contributed by atoms with Crippen molar-refractivity contribution in [2.75, 3.05) is 0 Å². The molecule has 0 aliphatic rings. The maximum Gasteiger partial charge on any atom is 0.330 e. The zero-order valence-electron chi connectivity index (χ0n) is 15.4. The van der Waals surface area contributed by atoms with Gasteiger partial charge in [-0.2, -0.15) is 0 Å². The van der Waals surface area contributed by atoms with E-state index >= 15 is 0 Å². The number of unbranched alkanes of at least 4 members (excludes halogenated alkanes) is 3. The van der Waals surface area contributed by atoms with Crippen molar-refractivity contribution in [2.24, 2.45) is 0 Å². The van der Waals surface area contributed by atoms with Gasteiger partial charge in [0.05, 0.1) is 0 Å². The molecule has 26 heavy (non-hydrogen) atoms. The van der Waals surface area contributed by atoms with Gasteiger partial charge in [-0.15, -0.1) is 0 Å². The van der Waals surface area contributed by atoms with Gasteiger partial charge in [0.1, 0.15) is 5.69 Å². The van der Waals surface area contributed by atoms with Crippen LogP contribution in [0.2, 0.25) is 0 Å². The normalized spacial score (nSPS) is 11.3. The van der Waals surface area contributed by atoms with E-state index in [9.17, 15) is 9.59 Å². The number of aromatic amines is 1. The molecule has 1 N–H and O–H groups in total. The molecule has 138 valence electrons. The van der Waals surface area contributed by atoms with Gasteiger partial charge < -0.3 is 4.57 Å². The third-order valence-corrected chi connectivity index (χ3v) is 4.50. The second-order valence-electron chi connectivity index (χ2n) is 6.45. The maximum atomic E-state index is 12.6. The highest BCUT2D eigenvalue weighted by Crippen LogP contribution is 2.21. The Morgan fingerprint density at radius 3 is 2.46 bits per heavy atom. The number of pyridine rings is 1. The highest BCUT2D eigenvalue weighted by molar-refractivity contribution is 5.76. The molecule has 3 heterocycles. The third-order valence-electron chi connectivity index (χ3n) is 4.50. The molecule has 0 amide bonds. The predicted octanol–water partition coefficient (Wildman–Crippen LogP) is 2.94. The van der Waals surface area contributed by atoms with Crippen LogP contribution in [-0.2, 0) is 13.1 Å². The van der Waals surface area contributed by atoms with Crippen molar-refractivity contribution in [3.8, 4) is 11.5 Å². The van der Waals surface area contributed by atoms with Crippen LogP contribution in [0.4, 0.5) is 0 Å². The summed E-state index contributed by atoms with van der Waals surface area (Å²) >= 11 is 0. The number of aromatic nitrogens is 5. The van der Waals surface area contributed by atoms with Crippen molar-refractivity contribution in [1.29, 1.82) is 0 Å². The van der Waals surface area contributed by atoms with Crippen LogP contribution in [0.15, 0.2) is 34.0 Å².